The van der Waals surface area contributed by atoms with E-state index in [1.807, 2.05) is 12.1 Å². The predicted molar refractivity (Wildman–Crippen MR) is 73.4 cm³/mol. The largest absolute Gasteiger partial charge is 0.369 e. The first-order chi connectivity index (χ1) is 7.70. The fourth-order valence-electron chi connectivity index (χ4n) is 2.17. The van der Waals surface area contributed by atoms with Crippen molar-refractivity contribution < 1.29 is 0 Å². The summed E-state index contributed by atoms with van der Waals surface area (Å²) in [7, 11) is 0. The molecule has 0 radical (unpaired) electrons. The zero-order chi connectivity index (χ0) is 11.5. The van der Waals surface area contributed by atoms with Crippen LogP contribution in [0.1, 0.15) is 13.3 Å². The van der Waals surface area contributed by atoms with E-state index in [0.717, 1.165) is 34.8 Å². The van der Waals surface area contributed by atoms with Gasteiger partial charge in [0.15, 0.2) is 0 Å². The van der Waals surface area contributed by atoms with Crippen LogP contribution in [0.15, 0.2) is 22.7 Å². The Balaban J connectivity index is 2.08. The number of anilines is 1. The zero-order valence-corrected chi connectivity index (χ0v) is 11.7. The van der Waals surface area contributed by atoms with Gasteiger partial charge in [-0.1, -0.05) is 34.5 Å². The Morgan fingerprint density at radius 1 is 1.56 bits per heavy atom. The topological polar surface area (TPSA) is 15.3 Å². The molecule has 1 aliphatic heterocycles. The number of rotatable bonds is 3. The van der Waals surface area contributed by atoms with Crippen LogP contribution in [0.3, 0.4) is 0 Å². The highest BCUT2D eigenvalue weighted by Crippen LogP contribution is 2.31. The molecule has 0 aromatic heterocycles. The van der Waals surface area contributed by atoms with E-state index < -0.39 is 0 Å². The van der Waals surface area contributed by atoms with Crippen LogP contribution in [-0.2, 0) is 0 Å². The van der Waals surface area contributed by atoms with Crippen molar-refractivity contribution in [3.63, 3.8) is 0 Å². The first-order valence-electron chi connectivity index (χ1n) is 5.64. The third-order valence-electron chi connectivity index (χ3n) is 2.93. The van der Waals surface area contributed by atoms with Crippen molar-refractivity contribution in [2.45, 2.75) is 19.4 Å². The van der Waals surface area contributed by atoms with Gasteiger partial charge in [0.25, 0.3) is 0 Å². The van der Waals surface area contributed by atoms with Gasteiger partial charge in [0.05, 0.1) is 10.7 Å². The Morgan fingerprint density at radius 3 is 3.06 bits per heavy atom. The molecule has 1 saturated heterocycles. The van der Waals surface area contributed by atoms with Crippen molar-refractivity contribution in [3.8, 4) is 0 Å². The maximum atomic E-state index is 6.24. The molecule has 1 aromatic rings. The molecule has 16 heavy (non-hydrogen) atoms. The zero-order valence-electron chi connectivity index (χ0n) is 9.34. The number of nitrogens with zero attached hydrogens (tertiary/aromatic N) is 1. The average molecular weight is 304 g/mol. The van der Waals surface area contributed by atoms with E-state index >= 15 is 0 Å². The second-order valence-corrected chi connectivity index (χ2v) is 5.41. The van der Waals surface area contributed by atoms with Crippen LogP contribution in [0.25, 0.3) is 0 Å². The SMILES string of the molecule is CCNC1CCN(c2ccc(Br)cc2Cl)C1. The van der Waals surface area contributed by atoms with Crippen molar-refractivity contribution in [3.05, 3.63) is 27.7 Å². The highest BCUT2D eigenvalue weighted by Gasteiger charge is 2.22. The summed E-state index contributed by atoms with van der Waals surface area (Å²) >= 11 is 9.67. The minimum Gasteiger partial charge on any atom is -0.369 e. The van der Waals surface area contributed by atoms with Gasteiger partial charge in [-0.15, -0.1) is 0 Å². The third kappa shape index (κ3) is 2.70. The predicted octanol–water partition coefficient (Wildman–Crippen LogP) is 3.29. The van der Waals surface area contributed by atoms with Gasteiger partial charge >= 0.3 is 0 Å². The highest BCUT2D eigenvalue weighted by atomic mass is 79.9. The molecule has 0 saturated carbocycles. The molecular formula is C12H16BrClN2. The number of hydrogen-bond donors (Lipinski definition) is 1. The lowest BCUT2D eigenvalue weighted by atomic mass is 10.2. The smallest absolute Gasteiger partial charge is 0.0650 e. The summed E-state index contributed by atoms with van der Waals surface area (Å²) in [6.45, 7) is 5.32. The van der Waals surface area contributed by atoms with Crippen LogP contribution in [0.5, 0.6) is 0 Å². The standard InChI is InChI=1S/C12H16BrClN2/c1-2-15-10-5-6-16(8-10)12-4-3-9(13)7-11(12)14/h3-4,7,10,15H,2,5-6,8H2,1H3. The Hall–Kier alpha value is -0.250. The number of halogens is 2. The fraction of sp³-hybridized carbons (Fsp3) is 0.500. The van der Waals surface area contributed by atoms with E-state index in [-0.39, 0.29) is 0 Å². The fourth-order valence-corrected chi connectivity index (χ4v) is 2.97. The van der Waals surface area contributed by atoms with Crippen LogP contribution in [0.2, 0.25) is 5.02 Å². The molecule has 88 valence electrons. The van der Waals surface area contributed by atoms with E-state index in [1.54, 1.807) is 0 Å². The van der Waals surface area contributed by atoms with Crippen molar-refractivity contribution in [2.24, 2.45) is 0 Å². The summed E-state index contributed by atoms with van der Waals surface area (Å²) in [5, 5.41) is 4.31. The van der Waals surface area contributed by atoms with Gasteiger partial charge in [-0.2, -0.15) is 0 Å². The second-order valence-electron chi connectivity index (χ2n) is 4.09. The summed E-state index contributed by atoms with van der Waals surface area (Å²) in [6, 6.07) is 6.68. The summed E-state index contributed by atoms with van der Waals surface area (Å²) < 4.78 is 1.03. The molecule has 0 bridgehead atoms. The first kappa shape index (κ1) is 12.2. The van der Waals surface area contributed by atoms with Crippen LogP contribution in [-0.4, -0.2) is 25.7 Å². The molecule has 2 rings (SSSR count). The van der Waals surface area contributed by atoms with Gasteiger partial charge in [-0.25, -0.2) is 0 Å². The molecule has 1 N–H and O–H groups in total. The molecule has 1 aromatic carbocycles. The quantitative estimate of drug-likeness (QED) is 0.922. The van der Waals surface area contributed by atoms with Crippen molar-refractivity contribution in [1.29, 1.82) is 0 Å². The molecule has 1 atom stereocenters. The Kier molecular flexibility index (Phi) is 4.11. The minimum atomic E-state index is 0.602. The molecule has 0 aliphatic carbocycles. The molecule has 0 amide bonds. The molecule has 1 aliphatic rings. The van der Waals surface area contributed by atoms with E-state index in [9.17, 15) is 0 Å². The van der Waals surface area contributed by atoms with E-state index in [1.165, 1.54) is 6.42 Å². The third-order valence-corrected chi connectivity index (χ3v) is 3.73. The summed E-state index contributed by atoms with van der Waals surface area (Å²) in [5.74, 6) is 0. The maximum absolute atomic E-state index is 6.24. The Labute approximate surface area is 110 Å². The number of likely N-dealkylation sites (N-methyl/N-ethyl adjacent to an activating group) is 1. The molecule has 2 nitrogen and oxygen atoms in total. The van der Waals surface area contributed by atoms with Crippen molar-refractivity contribution in [2.75, 3.05) is 24.5 Å². The molecule has 1 unspecified atom stereocenters. The lowest BCUT2D eigenvalue weighted by molar-refractivity contribution is 0.572. The Bertz CT molecular complexity index is 370. The molecule has 1 heterocycles. The van der Waals surface area contributed by atoms with Gasteiger partial charge in [0.1, 0.15) is 0 Å². The highest BCUT2D eigenvalue weighted by molar-refractivity contribution is 9.10. The number of benzene rings is 1. The minimum absolute atomic E-state index is 0.602. The Morgan fingerprint density at radius 2 is 2.38 bits per heavy atom. The lowest BCUT2D eigenvalue weighted by Gasteiger charge is -2.20. The number of hydrogen-bond acceptors (Lipinski definition) is 2. The lowest BCUT2D eigenvalue weighted by Crippen LogP contribution is -2.32. The van der Waals surface area contributed by atoms with Crippen LogP contribution >= 0.6 is 27.5 Å². The average Bonchev–Trinajstić information content (AvgIpc) is 2.67. The van der Waals surface area contributed by atoms with Crippen molar-refractivity contribution in [1.82, 2.24) is 5.32 Å². The van der Waals surface area contributed by atoms with Crippen LogP contribution < -0.4 is 10.2 Å². The summed E-state index contributed by atoms with van der Waals surface area (Å²) in [4.78, 5) is 2.35. The summed E-state index contributed by atoms with van der Waals surface area (Å²) in [5.41, 5.74) is 1.14. The van der Waals surface area contributed by atoms with E-state index in [4.69, 9.17) is 11.6 Å². The second kappa shape index (κ2) is 5.39. The van der Waals surface area contributed by atoms with Crippen LogP contribution in [0, 0.1) is 0 Å². The molecule has 4 heteroatoms. The van der Waals surface area contributed by atoms with Crippen molar-refractivity contribution >= 4 is 33.2 Å². The molecule has 0 spiro atoms. The summed E-state index contributed by atoms with van der Waals surface area (Å²) in [6.07, 6.45) is 1.19. The van der Waals surface area contributed by atoms with Gasteiger partial charge in [-0.05, 0) is 31.2 Å². The van der Waals surface area contributed by atoms with Gasteiger partial charge in [0, 0.05) is 23.6 Å². The van der Waals surface area contributed by atoms with Gasteiger partial charge < -0.3 is 10.2 Å². The van der Waals surface area contributed by atoms with Crippen LogP contribution in [0.4, 0.5) is 5.69 Å². The number of nitrogens with one attached hydrogen (secondary N) is 1. The normalized spacial score (nSPS) is 20.4. The van der Waals surface area contributed by atoms with Gasteiger partial charge in [-0.3, -0.25) is 0 Å². The van der Waals surface area contributed by atoms with E-state index in [0.29, 0.717) is 6.04 Å². The molecular weight excluding hydrogens is 288 g/mol. The molecule has 1 fully saturated rings. The first-order valence-corrected chi connectivity index (χ1v) is 6.81. The van der Waals surface area contributed by atoms with Gasteiger partial charge in [0.2, 0.25) is 0 Å². The van der Waals surface area contributed by atoms with E-state index in [2.05, 4.69) is 39.1 Å². The monoisotopic (exact) mass is 302 g/mol. The maximum Gasteiger partial charge on any atom is 0.0650 e.